The average Bonchev–Trinajstić information content (AvgIpc) is 3.42. The summed E-state index contributed by atoms with van der Waals surface area (Å²) in [4.78, 5) is 24.2. The summed E-state index contributed by atoms with van der Waals surface area (Å²) in [6, 6.07) is 13.9. The molecule has 1 aromatic carbocycles. The minimum atomic E-state index is -0.501. The molecular formula is C24H22FN5O. The molecule has 1 aliphatic heterocycles. The van der Waals surface area contributed by atoms with Crippen LogP contribution in [0.3, 0.4) is 0 Å². The van der Waals surface area contributed by atoms with Gasteiger partial charge in [-0.2, -0.15) is 5.10 Å². The lowest BCUT2D eigenvalue weighted by molar-refractivity contribution is 0.0608. The van der Waals surface area contributed by atoms with Gasteiger partial charge in [0.25, 0.3) is 5.91 Å². The van der Waals surface area contributed by atoms with Crippen LogP contribution in [-0.4, -0.2) is 36.9 Å². The van der Waals surface area contributed by atoms with Gasteiger partial charge in [-0.3, -0.25) is 9.78 Å². The molecule has 1 aliphatic rings. The second-order valence-corrected chi connectivity index (χ2v) is 8.07. The minimum absolute atomic E-state index is 0.0608. The molecule has 4 heterocycles. The van der Waals surface area contributed by atoms with Crippen molar-refractivity contribution >= 4 is 11.6 Å². The molecule has 1 atom stereocenters. The van der Waals surface area contributed by atoms with Gasteiger partial charge in [-0.05, 0) is 49.6 Å². The Kier molecular flexibility index (Phi) is 4.73. The molecule has 1 amide bonds. The van der Waals surface area contributed by atoms with Crippen molar-refractivity contribution in [3.63, 3.8) is 0 Å². The number of rotatable bonds is 4. The summed E-state index contributed by atoms with van der Waals surface area (Å²) < 4.78 is 15.9. The van der Waals surface area contributed by atoms with E-state index in [1.54, 1.807) is 48.9 Å². The van der Waals surface area contributed by atoms with Crippen LogP contribution in [0.1, 0.15) is 47.1 Å². The number of likely N-dealkylation sites (tertiary alicyclic amines) is 1. The first-order chi connectivity index (χ1) is 15.1. The van der Waals surface area contributed by atoms with Gasteiger partial charge in [-0.15, -0.1) is 0 Å². The molecule has 3 aromatic heterocycles. The minimum Gasteiger partial charge on any atom is -0.328 e. The first-order valence-corrected chi connectivity index (χ1v) is 10.4. The molecule has 4 aromatic rings. The second kappa shape index (κ2) is 7.58. The molecule has 156 valence electrons. The Morgan fingerprint density at radius 1 is 1.10 bits per heavy atom. The zero-order valence-electron chi connectivity index (χ0n) is 17.2. The van der Waals surface area contributed by atoms with Crippen LogP contribution in [0, 0.1) is 5.82 Å². The van der Waals surface area contributed by atoms with Crippen molar-refractivity contribution in [2.24, 2.45) is 0 Å². The van der Waals surface area contributed by atoms with Crippen molar-refractivity contribution in [2.45, 2.75) is 31.7 Å². The average molecular weight is 415 g/mol. The Morgan fingerprint density at radius 3 is 2.81 bits per heavy atom. The van der Waals surface area contributed by atoms with E-state index in [1.165, 1.54) is 6.07 Å². The van der Waals surface area contributed by atoms with Gasteiger partial charge in [-0.1, -0.05) is 18.2 Å². The largest absolute Gasteiger partial charge is 0.328 e. The summed E-state index contributed by atoms with van der Waals surface area (Å²) >= 11 is 0. The van der Waals surface area contributed by atoms with Crippen LogP contribution in [0.2, 0.25) is 0 Å². The number of aromatic nitrogens is 4. The summed E-state index contributed by atoms with van der Waals surface area (Å²) in [5, 5.41) is 4.41. The summed E-state index contributed by atoms with van der Waals surface area (Å²) in [6.45, 7) is 2.74. The van der Waals surface area contributed by atoms with Crippen LogP contribution in [0.25, 0.3) is 5.65 Å². The highest BCUT2D eigenvalue weighted by Gasteiger charge is 2.43. The molecule has 0 radical (unpaired) electrons. The van der Waals surface area contributed by atoms with Gasteiger partial charge >= 0.3 is 0 Å². The number of benzene rings is 1. The first kappa shape index (κ1) is 19.4. The molecule has 5 rings (SSSR count). The van der Waals surface area contributed by atoms with Crippen LogP contribution in [0.15, 0.2) is 67.1 Å². The monoisotopic (exact) mass is 415 g/mol. The summed E-state index contributed by atoms with van der Waals surface area (Å²) in [5.74, 6) is -0.330. The Labute approximate surface area is 179 Å². The van der Waals surface area contributed by atoms with Crippen molar-refractivity contribution in [1.29, 1.82) is 0 Å². The van der Waals surface area contributed by atoms with Gasteiger partial charge in [0.1, 0.15) is 5.82 Å². The molecule has 0 unspecified atom stereocenters. The molecule has 6 nitrogen and oxygen atoms in total. The number of amides is 1. The highest BCUT2D eigenvalue weighted by Crippen LogP contribution is 2.39. The molecule has 0 spiro atoms. The first-order valence-electron chi connectivity index (χ1n) is 10.4. The molecule has 1 fully saturated rings. The lowest BCUT2D eigenvalue weighted by Crippen LogP contribution is -2.44. The SMILES string of the molecule is C[C@@]1(c2ccnc3ccnn23)CCCN1C(=O)c1ccnc(Cc2ccccc2F)c1. The summed E-state index contributed by atoms with van der Waals surface area (Å²) in [6.07, 6.45) is 7.18. The molecule has 1 saturated heterocycles. The Bertz CT molecular complexity index is 1270. The van der Waals surface area contributed by atoms with Crippen LogP contribution >= 0.6 is 0 Å². The fourth-order valence-corrected chi connectivity index (χ4v) is 4.50. The Morgan fingerprint density at radius 2 is 1.94 bits per heavy atom. The van der Waals surface area contributed by atoms with Crippen LogP contribution in [-0.2, 0) is 12.0 Å². The second-order valence-electron chi connectivity index (χ2n) is 8.07. The van der Waals surface area contributed by atoms with Gasteiger partial charge < -0.3 is 4.90 Å². The zero-order valence-corrected chi connectivity index (χ0v) is 17.2. The van der Waals surface area contributed by atoms with E-state index < -0.39 is 5.54 Å². The fraction of sp³-hybridized carbons (Fsp3) is 0.250. The molecule has 31 heavy (non-hydrogen) atoms. The van der Waals surface area contributed by atoms with E-state index in [4.69, 9.17) is 0 Å². The maximum Gasteiger partial charge on any atom is 0.254 e. The topological polar surface area (TPSA) is 63.4 Å². The predicted octanol–water partition coefficient (Wildman–Crippen LogP) is 4.01. The molecule has 0 saturated carbocycles. The lowest BCUT2D eigenvalue weighted by Gasteiger charge is -2.35. The number of fused-ring (bicyclic) bond motifs is 1. The van der Waals surface area contributed by atoms with Gasteiger partial charge in [-0.25, -0.2) is 13.9 Å². The van der Waals surface area contributed by atoms with Crippen molar-refractivity contribution in [3.05, 3.63) is 95.5 Å². The molecule has 0 bridgehead atoms. The molecular weight excluding hydrogens is 393 g/mol. The third kappa shape index (κ3) is 3.36. The molecule has 7 heteroatoms. The number of pyridine rings is 1. The van der Waals surface area contributed by atoms with E-state index >= 15 is 0 Å². The number of hydrogen-bond acceptors (Lipinski definition) is 4. The third-order valence-corrected chi connectivity index (χ3v) is 6.12. The predicted molar refractivity (Wildman–Crippen MR) is 114 cm³/mol. The van der Waals surface area contributed by atoms with Crippen molar-refractivity contribution in [2.75, 3.05) is 6.54 Å². The van der Waals surface area contributed by atoms with Gasteiger partial charge in [0.15, 0.2) is 5.65 Å². The van der Waals surface area contributed by atoms with E-state index in [2.05, 4.69) is 22.0 Å². The van der Waals surface area contributed by atoms with Crippen molar-refractivity contribution in [1.82, 2.24) is 24.5 Å². The lowest BCUT2D eigenvalue weighted by atomic mass is 9.93. The summed E-state index contributed by atoms with van der Waals surface area (Å²) in [7, 11) is 0. The van der Waals surface area contributed by atoms with E-state index in [0.29, 0.717) is 29.8 Å². The molecule has 0 N–H and O–H groups in total. The third-order valence-electron chi connectivity index (χ3n) is 6.12. The van der Waals surface area contributed by atoms with E-state index in [9.17, 15) is 9.18 Å². The number of nitrogens with zero attached hydrogens (tertiary/aromatic N) is 5. The van der Waals surface area contributed by atoms with E-state index in [0.717, 1.165) is 24.2 Å². The highest BCUT2D eigenvalue weighted by molar-refractivity contribution is 5.95. The number of halogens is 1. The number of carbonyl (C=O) groups excluding carboxylic acids is 1. The Balaban J connectivity index is 1.47. The normalized spacial score (nSPS) is 18.6. The van der Waals surface area contributed by atoms with E-state index in [-0.39, 0.29) is 11.7 Å². The maximum absolute atomic E-state index is 14.1. The van der Waals surface area contributed by atoms with Crippen molar-refractivity contribution < 1.29 is 9.18 Å². The highest BCUT2D eigenvalue weighted by atomic mass is 19.1. The van der Waals surface area contributed by atoms with Gasteiger partial charge in [0.2, 0.25) is 0 Å². The maximum atomic E-state index is 14.1. The van der Waals surface area contributed by atoms with Crippen LogP contribution < -0.4 is 0 Å². The number of hydrogen-bond donors (Lipinski definition) is 0. The number of carbonyl (C=O) groups is 1. The van der Waals surface area contributed by atoms with E-state index in [1.807, 2.05) is 21.5 Å². The van der Waals surface area contributed by atoms with Crippen molar-refractivity contribution in [3.8, 4) is 0 Å². The van der Waals surface area contributed by atoms with Gasteiger partial charge in [0.05, 0.1) is 17.4 Å². The van der Waals surface area contributed by atoms with Crippen LogP contribution in [0.5, 0.6) is 0 Å². The van der Waals surface area contributed by atoms with Crippen LogP contribution in [0.4, 0.5) is 4.39 Å². The zero-order chi connectivity index (χ0) is 21.4. The smallest absolute Gasteiger partial charge is 0.254 e. The fourth-order valence-electron chi connectivity index (χ4n) is 4.50. The Hall–Kier alpha value is -3.61. The molecule has 0 aliphatic carbocycles. The summed E-state index contributed by atoms with van der Waals surface area (Å²) in [5.41, 5.74) is 2.97. The quantitative estimate of drug-likeness (QED) is 0.505. The standard InChI is InChI=1S/C24H22FN5O/c1-24(21-8-12-27-22-9-13-28-30(21)22)10-4-14-29(24)23(31)18-7-11-26-19(16-18)15-17-5-2-3-6-20(17)25/h2-3,5-9,11-13,16H,4,10,14-15H2,1H3/t24-/m0/s1. The van der Waals surface area contributed by atoms with Gasteiger partial charge in [0, 0.05) is 42.7 Å².